The minimum absolute atomic E-state index is 0.475. The highest BCUT2D eigenvalue weighted by Crippen LogP contribution is 2.19. The Morgan fingerprint density at radius 2 is 1.94 bits per heavy atom. The lowest BCUT2D eigenvalue weighted by atomic mass is 10.0. The van der Waals surface area contributed by atoms with Crippen LogP contribution in [0.15, 0.2) is 47.8 Å². The molecule has 0 aliphatic rings. The lowest BCUT2D eigenvalue weighted by Crippen LogP contribution is -2.20. The molecule has 1 atom stereocenters. The van der Waals surface area contributed by atoms with Crippen molar-refractivity contribution >= 4 is 11.3 Å². The average Bonchev–Trinajstić information content (AvgIpc) is 2.88. The van der Waals surface area contributed by atoms with Gasteiger partial charge < -0.3 is 5.32 Å². The summed E-state index contributed by atoms with van der Waals surface area (Å²) in [5, 5.41) is 5.78. The minimum Gasteiger partial charge on any atom is -0.305 e. The summed E-state index contributed by atoms with van der Waals surface area (Å²) in [4.78, 5) is 1.40. The van der Waals surface area contributed by atoms with Crippen LogP contribution in [0.3, 0.4) is 0 Å². The normalized spacial score (nSPS) is 12.5. The molecule has 1 heterocycles. The average molecular weight is 245 g/mol. The first-order valence-electron chi connectivity index (χ1n) is 6.21. The van der Waals surface area contributed by atoms with Crippen molar-refractivity contribution in [1.82, 2.24) is 5.32 Å². The van der Waals surface area contributed by atoms with Gasteiger partial charge in [-0.25, -0.2) is 0 Å². The van der Waals surface area contributed by atoms with Crippen LogP contribution in [-0.4, -0.2) is 0 Å². The zero-order valence-electron chi connectivity index (χ0n) is 10.2. The van der Waals surface area contributed by atoms with Crippen LogP contribution in [0.2, 0.25) is 0 Å². The van der Waals surface area contributed by atoms with Gasteiger partial charge in [-0.2, -0.15) is 0 Å². The van der Waals surface area contributed by atoms with E-state index in [9.17, 15) is 0 Å². The fraction of sp³-hybridized carbons (Fsp3) is 0.333. The van der Waals surface area contributed by atoms with E-state index in [2.05, 4.69) is 60.1 Å². The third-order valence-electron chi connectivity index (χ3n) is 2.88. The molecule has 1 aromatic carbocycles. The van der Waals surface area contributed by atoms with Crippen LogP contribution in [-0.2, 0) is 6.54 Å². The number of nitrogens with one attached hydrogen (secondary N) is 1. The van der Waals surface area contributed by atoms with E-state index in [4.69, 9.17) is 0 Å². The maximum absolute atomic E-state index is 3.65. The Morgan fingerprint density at radius 1 is 1.12 bits per heavy atom. The van der Waals surface area contributed by atoms with Crippen molar-refractivity contribution < 1.29 is 0 Å². The summed E-state index contributed by atoms with van der Waals surface area (Å²) >= 11 is 1.82. The second-order valence-electron chi connectivity index (χ2n) is 4.21. The molecule has 2 rings (SSSR count). The standard InChI is InChI=1S/C15H19NS/c1-2-7-15(13-8-4-3-5-9-13)16-12-14-10-6-11-17-14/h3-6,8-11,15-16H,2,7,12H2,1H3/t15-/m0/s1. The number of hydrogen-bond donors (Lipinski definition) is 1. The fourth-order valence-electron chi connectivity index (χ4n) is 2.00. The van der Waals surface area contributed by atoms with Crippen LogP contribution in [0.25, 0.3) is 0 Å². The van der Waals surface area contributed by atoms with Crippen LogP contribution in [0, 0.1) is 0 Å². The summed E-state index contributed by atoms with van der Waals surface area (Å²) in [5.74, 6) is 0. The summed E-state index contributed by atoms with van der Waals surface area (Å²) in [6.07, 6.45) is 2.40. The van der Waals surface area contributed by atoms with Crippen LogP contribution >= 0.6 is 11.3 Å². The highest BCUT2D eigenvalue weighted by molar-refractivity contribution is 7.09. The largest absolute Gasteiger partial charge is 0.305 e. The zero-order chi connectivity index (χ0) is 11.9. The van der Waals surface area contributed by atoms with E-state index < -0.39 is 0 Å². The van der Waals surface area contributed by atoms with E-state index in [1.807, 2.05) is 11.3 Å². The summed E-state index contributed by atoms with van der Waals surface area (Å²) in [6, 6.07) is 15.5. The molecule has 2 aromatic rings. The molecule has 1 N–H and O–H groups in total. The van der Waals surface area contributed by atoms with Crippen molar-refractivity contribution in [2.24, 2.45) is 0 Å². The van der Waals surface area contributed by atoms with Gasteiger partial charge in [-0.05, 0) is 23.4 Å². The molecule has 90 valence electrons. The number of benzene rings is 1. The Morgan fingerprint density at radius 3 is 2.59 bits per heavy atom. The maximum atomic E-state index is 3.65. The van der Waals surface area contributed by atoms with Gasteiger partial charge in [0.25, 0.3) is 0 Å². The van der Waals surface area contributed by atoms with Gasteiger partial charge in [-0.3, -0.25) is 0 Å². The molecule has 0 amide bonds. The van der Waals surface area contributed by atoms with Crippen LogP contribution in [0.1, 0.15) is 36.2 Å². The smallest absolute Gasteiger partial charge is 0.0323 e. The Hall–Kier alpha value is -1.12. The molecule has 0 saturated heterocycles. The van der Waals surface area contributed by atoms with Gasteiger partial charge in [0.1, 0.15) is 0 Å². The molecular weight excluding hydrogens is 226 g/mol. The lowest BCUT2D eigenvalue weighted by molar-refractivity contribution is 0.496. The lowest BCUT2D eigenvalue weighted by Gasteiger charge is -2.18. The van der Waals surface area contributed by atoms with Gasteiger partial charge in [0.05, 0.1) is 0 Å². The predicted octanol–water partition coefficient (Wildman–Crippen LogP) is 4.38. The molecule has 0 saturated carbocycles. The molecule has 0 fully saturated rings. The summed E-state index contributed by atoms with van der Waals surface area (Å²) < 4.78 is 0. The first-order valence-corrected chi connectivity index (χ1v) is 7.09. The van der Waals surface area contributed by atoms with Gasteiger partial charge in [-0.1, -0.05) is 49.7 Å². The Bertz CT molecular complexity index is 408. The second-order valence-corrected chi connectivity index (χ2v) is 5.24. The highest BCUT2D eigenvalue weighted by Gasteiger charge is 2.09. The van der Waals surface area contributed by atoms with E-state index in [0.29, 0.717) is 6.04 Å². The summed E-state index contributed by atoms with van der Waals surface area (Å²) in [7, 11) is 0. The third kappa shape index (κ3) is 3.69. The van der Waals surface area contributed by atoms with Crippen molar-refractivity contribution in [3.8, 4) is 0 Å². The van der Waals surface area contributed by atoms with Gasteiger partial charge in [0, 0.05) is 17.5 Å². The highest BCUT2D eigenvalue weighted by atomic mass is 32.1. The van der Waals surface area contributed by atoms with E-state index in [1.165, 1.54) is 23.3 Å². The summed E-state index contributed by atoms with van der Waals surface area (Å²) in [5.41, 5.74) is 1.39. The molecule has 2 heteroatoms. The Labute approximate surface area is 108 Å². The monoisotopic (exact) mass is 245 g/mol. The second kappa shape index (κ2) is 6.58. The van der Waals surface area contributed by atoms with Gasteiger partial charge in [0.15, 0.2) is 0 Å². The van der Waals surface area contributed by atoms with E-state index >= 15 is 0 Å². The van der Waals surface area contributed by atoms with Gasteiger partial charge in [0.2, 0.25) is 0 Å². The molecule has 0 radical (unpaired) electrons. The predicted molar refractivity (Wildman–Crippen MR) is 75.2 cm³/mol. The number of rotatable bonds is 6. The third-order valence-corrected chi connectivity index (χ3v) is 3.76. The van der Waals surface area contributed by atoms with Crippen LogP contribution in [0.5, 0.6) is 0 Å². The molecule has 1 nitrogen and oxygen atoms in total. The quantitative estimate of drug-likeness (QED) is 0.796. The molecule has 0 spiro atoms. The summed E-state index contributed by atoms with van der Waals surface area (Å²) in [6.45, 7) is 3.21. The van der Waals surface area contributed by atoms with E-state index in [1.54, 1.807) is 0 Å². The van der Waals surface area contributed by atoms with Gasteiger partial charge in [-0.15, -0.1) is 11.3 Å². The molecule has 1 aromatic heterocycles. The molecule has 0 aliphatic carbocycles. The molecule has 0 unspecified atom stereocenters. The number of thiophene rings is 1. The van der Waals surface area contributed by atoms with Crippen molar-refractivity contribution in [2.75, 3.05) is 0 Å². The molecular formula is C15H19NS. The van der Waals surface area contributed by atoms with Crippen molar-refractivity contribution in [3.63, 3.8) is 0 Å². The minimum atomic E-state index is 0.475. The number of hydrogen-bond acceptors (Lipinski definition) is 2. The van der Waals surface area contributed by atoms with E-state index in [0.717, 1.165) is 6.54 Å². The van der Waals surface area contributed by atoms with E-state index in [-0.39, 0.29) is 0 Å². The van der Waals surface area contributed by atoms with Crippen LogP contribution < -0.4 is 5.32 Å². The van der Waals surface area contributed by atoms with Crippen molar-refractivity contribution in [3.05, 3.63) is 58.3 Å². The molecule has 0 aliphatic heterocycles. The molecule has 0 bridgehead atoms. The van der Waals surface area contributed by atoms with Crippen molar-refractivity contribution in [1.29, 1.82) is 0 Å². The van der Waals surface area contributed by atoms with Crippen molar-refractivity contribution in [2.45, 2.75) is 32.4 Å². The zero-order valence-corrected chi connectivity index (χ0v) is 11.0. The topological polar surface area (TPSA) is 12.0 Å². The Balaban J connectivity index is 1.98. The molecule has 17 heavy (non-hydrogen) atoms. The SMILES string of the molecule is CCC[C@H](NCc1cccs1)c1ccccc1. The first kappa shape index (κ1) is 12.3. The maximum Gasteiger partial charge on any atom is 0.0323 e. The van der Waals surface area contributed by atoms with Gasteiger partial charge >= 0.3 is 0 Å². The first-order chi connectivity index (χ1) is 8.40. The Kier molecular flexibility index (Phi) is 4.77. The fourth-order valence-corrected chi connectivity index (χ4v) is 2.65. The van der Waals surface area contributed by atoms with Crippen LogP contribution in [0.4, 0.5) is 0 Å².